The average Bonchev–Trinajstić information content (AvgIpc) is 3.89. The Morgan fingerprint density at radius 2 is 1.04 bits per heavy atom. The van der Waals surface area contributed by atoms with Crippen LogP contribution in [0.25, 0.3) is 0 Å². The molecule has 0 radical (unpaired) electrons. The van der Waals surface area contributed by atoms with Crippen LogP contribution in [0.15, 0.2) is 34.2 Å². The maximum absolute atomic E-state index is 9.76. The first-order chi connectivity index (χ1) is 25.1. The summed E-state index contributed by atoms with van der Waals surface area (Å²) in [6.45, 7) is 46.1. The van der Waals surface area contributed by atoms with Crippen molar-refractivity contribution in [1.29, 1.82) is 0 Å². The van der Waals surface area contributed by atoms with Gasteiger partial charge >= 0.3 is 0 Å². The smallest absolute Gasteiger partial charge is 0.0791 e. The molecule has 3 atom stereocenters. The maximum Gasteiger partial charge on any atom is 0.0791 e. The minimum Gasteiger partial charge on any atom is -0.389 e. The van der Waals surface area contributed by atoms with Gasteiger partial charge < -0.3 is 25.0 Å². The highest BCUT2D eigenvalue weighted by Crippen LogP contribution is 2.31. The number of hydrogen-bond donors (Lipinski definition) is 2. The number of nitrogens with zero attached hydrogens (tertiary/aromatic N) is 4. The zero-order valence-corrected chi connectivity index (χ0v) is 41.0. The molecule has 7 nitrogen and oxygen atoms in total. The molecule has 0 saturated carbocycles. The van der Waals surface area contributed by atoms with Gasteiger partial charge in [0.2, 0.25) is 0 Å². The van der Waals surface area contributed by atoms with E-state index in [1.807, 2.05) is 17.7 Å². The third-order valence-electron chi connectivity index (χ3n) is 6.99. The van der Waals surface area contributed by atoms with Gasteiger partial charge in [-0.3, -0.25) is 9.97 Å². The summed E-state index contributed by atoms with van der Waals surface area (Å²) in [5.41, 5.74) is 3.11. The molecule has 3 unspecified atom stereocenters. The van der Waals surface area contributed by atoms with Crippen LogP contribution in [0.2, 0.25) is 0 Å². The van der Waals surface area contributed by atoms with E-state index in [0.29, 0.717) is 12.0 Å². The van der Waals surface area contributed by atoms with Crippen LogP contribution in [-0.4, -0.2) is 95.5 Å². The number of aromatic nitrogens is 2. The zero-order chi connectivity index (χ0) is 42.5. The normalized spacial score (nSPS) is 21.0. The van der Waals surface area contributed by atoms with E-state index >= 15 is 0 Å². The second-order valence-electron chi connectivity index (χ2n) is 18.1. The van der Waals surface area contributed by atoms with Crippen LogP contribution in [0.5, 0.6) is 0 Å². The third-order valence-corrected chi connectivity index (χ3v) is 8.04. The Kier molecular flexibility index (Phi) is 49.0. The molecule has 2 N–H and O–H groups in total. The third kappa shape index (κ3) is 55.2. The number of hydrogen-bond acceptors (Lipinski definition) is 9. The summed E-state index contributed by atoms with van der Waals surface area (Å²) in [5, 5.41) is 16.8. The van der Waals surface area contributed by atoms with Crippen molar-refractivity contribution in [1.82, 2.24) is 25.1 Å². The molecule has 6 rings (SSSR count). The minimum absolute atomic E-state index is 0. The summed E-state index contributed by atoms with van der Waals surface area (Å²) in [7, 11) is 2.06. The Morgan fingerprint density at radius 3 is 1.16 bits per heavy atom. The van der Waals surface area contributed by atoms with Crippen molar-refractivity contribution in [3.63, 3.8) is 0 Å². The van der Waals surface area contributed by atoms with Gasteiger partial charge in [-0.2, -0.15) is 0 Å². The molecule has 4 aliphatic heterocycles. The van der Waals surface area contributed by atoms with Gasteiger partial charge in [0.05, 0.1) is 29.8 Å². The first kappa shape index (κ1) is 63.2. The highest BCUT2D eigenvalue weighted by molar-refractivity contribution is 7.07. The lowest BCUT2D eigenvalue weighted by Crippen LogP contribution is -2.32. The van der Waals surface area contributed by atoms with Gasteiger partial charge in [-0.1, -0.05) is 118 Å². The topological polar surface area (TPSA) is 73.8 Å². The first-order valence-corrected chi connectivity index (χ1v) is 23.1. The standard InChI is InChI=1S/C8H17NO.C7H13N.C4H9NO.5C4H10.2C3H3NS.CH4/c1-6-7(2)9(4)5-8(6,3)10;1-3-7-4-2-6-8(7)5-1;1-3-6-4-2-5-1;5*1-4(2)3;2*1-2-5-3-4-1;/h6-7,10H,5H2,1-4H3;7H,1-6H2;5H,1-4H2;5*4H,1-3H3;2*1-3H;1H4. The maximum atomic E-state index is 9.76. The highest BCUT2D eigenvalue weighted by atomic mass is 32.1. The van der Waals surface area contributed by atoms with E-state index in [-0.39, 0.29) is 7.43 Å². The molecule has 2 aromatic heterocycles. The van der Waals surface area contributed by atoms with Crippen molar-refractivity contribution in [2.45, 2.75) is 175 Å². The summed E-state index contributed by atoms with van der Waals surface area (Å²) >= 11 is 3.20. The molecule has 4 saturated heterocycles. The number of morpholine rings is 1. The number of fused-ring (bicyclic) bond motifs is 1. The molecular formula is C46H99N5O2S2. The average molecular weight is 818 g/mol. The monoisotopic (exact) mass is 818 g/mol. The van der Waals surface area contributed by atoms with E-state index < -0.39 is 5.60 Å². The molecule has 9 heteroatoms. The quantitative estimate of drug-likeness (QED) is 0.274. The number of likely N-dealkylation sites (tertiary alicyclic amines) is 1. The van der Waals surface area contributed by atoms with Gasteiger partial charge in [0.15, 0.2) is 0 Å². The first-order valence-electron chi connectivity index (χ1n) is 21.2. The van der Waals surface area contributed by atoms with Crippen LogP contribution >= 0.6 is 22.7 Å². The molecule has 6 heterocycles. The molecular weight excluding hydrogens is 719 g/mol. The molecule has 55 heavy (non-hydrogen) atoms. The zero-order valence-electron chi connectivity index (χ0n) is 39.3. The van der Waals surface area contributed by atoms with E-state index in [1.165, 1.54) is 38.8 Å². The molecule has 0 amide bonds. The SMILES string of the molecule is C.C1CC2CCCN2C1.C1COCCN1.CC(C)C.CC(C)C.CC(C)C.CC(C)C.CC(C)C.CC1C(C)C(C)(O)CN1C.c1cscn1.c1cscn1. The molecule has 0 bridgehead atoms. The summed E-state index contributed by atoms with van der Waals surface area (Å²) in [5.74, 6) is 4.55. The molecule has 0 aliphatic carbocycles. The van der Waals surface area contributed by atoms with Crippen molar-refractivity contribution < 1.29 is 9.84 Å². The van der Waals surface area contributed by atoms with E-state index in [9.17, 15) is 5.11 Å². The van der Waals surface area contributed by atoms with Crippen molar-refractivity contribution in [3.05, 3.63) is 34.2 Å². The van der Waals surface area contributed by atoms with Crippen LogP contribution in [0.1, 0.15) is 158 Å². The number of ether oxygens (including phenoxy) is 1. The van der Waals surface area contributed by atoms with E-state index in [0.717, 1.165) is 68.5 Å². The predicted octanol–water partition coefficient (Wildman–Crippen LogP) is 12.8. The largest absolute Gasteiger partial charge is 0.389 e. The molecule has 4 fully saturated rings. The number of aliphatic hydroxyl groups is 1. The number of nitrogens with one attached hydrogen (secondary N) is 1. The van der Waals surface area contributed by atoms with Crippen LogP contribution in [0, 0.1) is 35.5 Å². The van der Waals surface area contributed by atoms with Crippen LogP contribution < -0.4 is 5.32 Å². The van der Waals surface area contributed by atoms with Crippen molar-refractivity contribution in [2.24, 2.45) is 35.5 Å². The van der Waals surface area contributed by atoms with Crippen LogP contribution in [0.3, 0.4) is 0 Å². The lowest BCUT2D eigenvalue weighted by atomic mass is 9.91. The summed E-state index contributed by atoms with van der Waals surface area (Å²) in [6.07, 6.45) is 9.44. The Bertz CT molecular complexity index is 780. The number of β-amino-alcohol motifs (C(OH)–C–C–N with tert-alkyl or cyclic N) is 1. The highest BCUT2D eigenvalue weighted by Gasteiger charge is 2.41. The Hall–Kier alpha value is -0.940. The van der Waals surface area contributed by atoms with Crippen molar-refractivity contribution in [3.8, 4) is 0 Å². The second-order valence-corrected chi connectivity index (χ2v) is 19.7. The minimum atomic E-state index is -0.478. The second kappa shape index (κ2) is 42.7. The number of likely N-dealkylation sites (N-methyl/N-ethyl adjacent to an activating group) is 1. The molecule has 2 aromatic rings. The molecule has 4 aliphatic rings. The molecule has 0 aromatic carbocycles. The fourth-order valence-corrected chi connectivity index (χ4v) is 5.31. The number of thiazole rings is 2. The molecule has 0 spiro atoms. The fraction of sp³-hybridized carbons (Fsp3) is 0.870. The van der Waals surface area contributed by atoms with Gasteiger partial charge in [-0.15, -0.1) is 22.7 Å². The number of rotatable bonds is 0. The summed E-state index contributed by atoms with van der Waals surface area (Å²) < 4.78 is 5.01. The van der Waals surface area contributed by atoms with E-state index in [2.05, 4.69) is 150 Å². The van der Waals surface area contributed by atoms with Gasteiger partial charge in [0.25, 0.3) is 0 Å². The lowest BCUT2D eigenvalue weighted by Gasteiger charge is -2.22. The molecule has 332 valence electrons. The summed E-state index contributed by atoms with van der Waals surface area (Å²) in [4.78, 5) is 12.3. The van der Waals surface area contributed by atoms with Crippen LogP contribution in [-0.2, 0) is 4.74 Å². The van der Waals surface area contributed by atoms with Crippen molar-refractivity contribution in [2.75, 3.05) is 53.0 Å². The van der Waals surface area contributed by atoms with Gasteiger partial charge in [0, 0.05) is 60.8 Å². The van der Waals surface area contributed by atoms with Crippen LogP contribution in [0.4, 0.5) is 0 Å². The van der Waals surface area contributed by atoms with Gasteiger partial charge in [-0.05, 0) is 89.3 Å². The Morgan fingerprint density at radius 1 is 0.691 bits per heavy atom. The Labute approximate surface area is 354 Å². The van der Waals surface area contributed by atoms with E-state index in [1.54, 1.807) is 46.1 Å². The van der Waals surface area contributed by atoms with E-state index in [4.69, 9.17) is 4.74 Å². The van der Waals surface area contributed by atoms with Gasteiger partial charge in [0.1, 0.15) is 0 Å². The van der Waals surface area contributed by atoms with Gasteiger partial charge in [-0.25, -0.2) is 0 Å². The fourth-order valence-electron chi connectivity index (χ4n) is 4.61. The lowest BCUT2D eigenvalue weighted by molar-refractivity contribution is 0.0355. The van der Waals surface area contributed by atoms with Crippen molar-refractivity contribution >= 4 is 22.7 Å². The summed E-state index contributed by atoms with van der Waals surface area (Å²) in [6, 6.07) is 1.52. The predicted molar refractivity (Wildman–Crippen MR) is 253 cm³/mol. The Balaban J connectivity index is -0.000000172.